The first kappa shape index (κ1) is 12.8. The average Bonchev–Trinajstić information content (AvgIpc) is 2.72. The van der Waals surface area contributed by atoms with Crippen LogP contribution in [0.5, 0.6) is 0 Å². The molecule has 18 heavy (non-hydrogen) atoms. The molecule has 0 saturated heterocycles. The van der Waals surface area contributed by atoms with Gasteiger partial charge in [-0.1, -0.05) is 13.3 Å². The van der Waals surface area contributed by atoms with Crippen molar-refractivity contribution in [2.75, 3.05) is 12.3 Å². The molecule has 0 aliphatic rings. The van der Waals surface area contributed by atoms with Crippen LogP contribution in [0.1, 0.15) is 25.6 Å². The van der Waals surface area contributed by atoms with Crippen molar-refractivity contribution in [3.63, 3.8) is 0 Å². The van der Waals surface area contributed by atoms with E-state index in [1.54, 1.807) is 6.33 Å². The lowest BCUT2D eigenvalue weighted by atomic mass is 10.0. The topological polar surface area (TPSA) is 89.8 Å². The SMILES string of the molecule is CC[C@H](CCO)Cn1cnc2c(N)nc(C)nc21. The molecule has 1 atom stereocenters. The van der Waals surface area contributed by atoms with Crippen LogP contribution in [0.4, 0.5) is 5.82 Å². The number of hydrogen-bond acceptors (Lipinski definition) is 5. The molecule has 2 rings (SSSR count). The maximum Gasteiger partial charge on any atom is 0.165 e. The Morgan fingerprint density at radius 1 is 1.44 bits per heavy atom. The van der Waals surface area contributed by atoms with Crippen LogP contribution in [-0.2, 0) is 6.54 Å². The third kappa shape index (κ3) is 2.43. The first-order valence-corrected chi connectivity index (χ1v) is 6.21. The van der Waals surface area contributed by atoms with Gasteiger partial charge in [0.25, 0.3) is 0 Å². The van der Waals surface area contributed by atoms with Crippen molar-refractivity contribution >= 4 is 17.0 Å². The molecule has 98 valence electrons. The molecule has 6 heteroatoms. The first-order valence-electron chi connectivity index (χ1n) is 6.21. The number of aryl methyl sites for hydroxylation is 1. The number of nitrogens with two attached hydrogens (primary N) is 1. The summed E-state index contributed by atoms with van der Waals surface area (Å²) in [6, 6.07) is 0. The number of hydrogen-bond donors (Lipinski definition) is 2. The molecular weight excluding hydrogens is 230 g/mol. The van der Waals surface area contributed by atoms with E-state index in [-0.39, 0.29) is 6.61 Å². The van der Waals surface area contributed by atoms with E-state index in [0.717, 1.165) is 25.0 Å². The first-order chi connectivity index (χ1) is 8.65. The Morgan fingerprint density at radius 3 is 2.89 bits per heavy atom. The van der Waals surface area contributed by atoms with Gasteiger partial charge < -0.3 is 15.4 Å². The minimum atomic E-state index is 0.210. The van der Waals surface area contributed by atoms with Gasteiger partial charge in [-0.25, -0.2) is 15.0 Å². The standard InChI is InChI=1S/C12H19N5O/c1-3-9(4-5-18)6-17-7-14-10-11(13)15-8(2)16-12(10)17/h7,9,18H,3-6H2,1-2H3,(H2,13,15,16)/t9-/m1/s1. The van der Waals surface area contributed by atoms with Crippen LogP contribution in [0.25, 0.3) is 11.2 Å². The number of fused-ring (bicyclic) bond motifs is 1. The molecule has 0 saturated carbocycles. The van der Waals surface area contributed by atoms with Crippen molar-refractivity contribution in [3.05, 3.63) is 12.2 Å². The summed E-state index contributed by atoms with van der Waals surface area (Å²) in [4.78, 5) is 12.7. The smallest absolute Gasteiger partial charge is 0.165 e. The van der Waals surface area contributed by atoms with E-state index in [0.29, 0.717) is 23.1 Å². The van der Waals surface area contributed by atoms with Crippen LogP contribution in [-0.4, -0.2) is 31.2 Å². The van der Waals surface area contributed by atoms with Crippen LogP contribution in [0, 0.1) is 12.8 Å². The van der Waals surface area contributed by atoms with Gasteiger partial charge in [0.15, 0.2) is 11.5 Å². The molecule has 0 bridgehead atoms. The fourth-order valence-corrected chi connectivity index (χ4v) is 2.10. The van der Waals surface area contributed by atoms with E-state index >= 15 is 0 Å². The molecule has 0 aromatic carbocycles. The Bertz CT molecular complexity index is 536. The molecular formula is C12H19N5O. The monoisotopic (exact) mass is 249 g/mol. The van der Waals surface area contributed by atoms with Crippen molar-refractivity contribution in [1.82, 2.24) is 19.5 Å². The van der Waals surface area contributed by atoms with Crippen molar-refractivity contribution in [2.24, 2.45) is 5.92 Å². The minimum absolute atomic E-state index is 0.210. The van der Waals surface area contributed by atoms with Gasteiger partial charge in [0.2, 0.25) is 0 Å². The fraction of sp³-hybridized carbons (Fsp3) is 0.583. The molecule has 2 aromatic rings. The van der Waals surface area contributed by atoms with Gasteiger partial charge in [0.1, 0.15) is 11.3 Å². The highest BCUT2D eigenvalue weighted by atomic mass is 16.3. The van der Waals surface area contributed by atoms with Crippen LogP contribution in [0.3, 0.4) is 0 Å². The highest BCUT2D eigenvalue weighted by molar-refractivity contribution is 5.81. The van der Waals surface area contributed by atoms with E-state index in [4.69, 9.17) is 10.8 Å². The summed E-state index contributed by atoms with van der Waals surface area (Å²) in [5, 5.41) is 9.03. The number of rotatable bonds is 5. The van der Waals surface area contributed by atoms with Gasteiger partial charge in [0, 0.05) is 13.2 Å². The molecule has 0 aliphatic heterocycles. The molecule has 2 aromatic heterocycles. The zero-order chi connectivity index (χ0) is 13.1. The second-order valence-corrected chi connectivity index (χ2v) is 4.51. The molecule has 0 fully saturated rings. The Labute approximate surface area is 106 Å². The minimum Gasteiger partial charge on any atom is -0.396 e. The summed E-state index contributed by atoms with van der Waals surface area (Å²) in [6.45, 7) is 4.94. The van der Waals surface area contributed by atoms with E-state index < -0.39 is 0 Å². The summed E-state index contributed by atoms with van der Waals surface area (Å²) in [5.41, 5.74) is 7.25. The summed E-state index contributed by atoms with van der Waals surface area (Å²) in [6.07, 6.45) is 3.55. The maximum absolute atomic E-state index is 9.03. The molecule has 0 amide bonds. The highest BCUT2D eigenvalue weighted by Crippen LogP contribution is 2.19. The lowest BCUT2D eigenvalue weighted by molar-refractivity contribution is 0.244. The number of imidazole rings is 1. The Morgan fingerprint density at radius 2 is 2.22 bits per heavy atom. The Kier molecular flexibility index (Phi) is 3.76. The number of aliphatic hydroxyl groups is 1. The summed E-state index contributed by atoms with van der Waals surface area (Å²) in [5.74, 6) is 1.49. The number of nitrogen functional groups attached to an aromatic ring is 1. The molecule has 6 nitrogen and oxygen atoms in total. The van der Waals surface area contributed by atoms with Crippen LogP contribution < -0.4 is 5.73 Å². The van der Waals surface area contributed by atoms with Crippen LogP contribution >= 0.6 is 0 Å². The summed E-state index contributed by atoms with van der Waals surface area (Å²) < 4.78 is 1.99. The average molecular weight is 249 g/mol. The lowest BCUT2D eigenvalue weighted by Crippen LogP contribution is -2.12. The van der Waals surface area contributed by atoms with E-state index in [9.17, 15) is 0 Å². The second kappa shape index (κ2) is 5.30. The van der Waals surface area contributed by atoms with Gasteiger partial charge in [-0.3, -0.25) is 0 Å². The highest BCUT2D eigenvalue weighted by Gasteiger charge is 2.13. The molecule has 0 radical (unpaired) electrons. The van der Waals surface area contributed by atoms with Crippen molar-refractivity contribution in [2.45, 2.75) is 33.2 Å². The fourth-order valence-electron chi connectivity index (χ4n) is 2.10. The predicted molar refractivity (Wildman–Crippen MR) is 70.0 cm³/mol. The van der Waals surface area contributed by atoms with Crippen molar-refractivity contribution in [3.8, 4) is 0 Å². The van der Waals surface area contributed by atoms with E-state index in [2.05, 4.69) is 21.9 Å². The maximum atomic E-state index is 9.03. The molecule has 0 unspecified atom stereocenters. The number of anilines is 1. The van der Waals surface area contributed by atoms with Gasteiger partial charge in [0.05, 0.1) is 6.33 Å². The van der Waals surface area contributed by atoms with Crippen LogP contribution in [0.2, 0.25) is 0 Å². The second-order valence-electron chi connectivity index (χ2n) is 4.51. The number of aliphatic hydroxyl groups excluding tert-OH is 1. The third-order valence-electron chi connectivity index (χ3n) is 3.17. The lowest BCUT2D eigenvalue weighted by Gasteiger charge is -2.14. The van der Waals surface area contributed by atoms with Gasteiger partial charge in [-0.15, -0.1) is 0 Å². The number of aromatic nitrogens is 4. The molecule has 0 spiro atoms. The molecule has 2 heterocycles. The van der Waals surface area contributed by atoms with Crippen molar-refractivity contribution in [1.29, 1.82) is 0 Å². The number of nitrogens with zero attached hydrogens (tertiary/aromatic N) is 4. The van der Waals surface area contributed by atoms with Gasteiger partial charge >= 0.3 is 0 Å². The van der Waals surface area contributed by atoms with E-state index in [1.165, 1.54) is 0 Å². The third-order valence-corrected chi connectivity index (χ3v) is 3.17. The normalized spacial score (nSPS) is 13.1. The Hall–Kier alpha value is -1.69. The Balaban J connectivity index is 2.34. The van der Waals surface area contributed by atoms with Crippen molar-refractivity contribution < 1.29 is 5.11 Å². The van der Waals surface area contributed by atoms with E-state index in [1.807, 2.05) is 11.5 Å². The molecule has 0 aliphatic carbocycles. The van der Waals surface area contributed by atoms with Crippen LogP contribution in [0.15, 0.2) is 6.33 Å². The predicted octanol–water partition coefficient (Wildman–Crippen LogP) is 1.13. The zero-order valence-corrected chi connectivity index (χ0v) is 10.8. The quantitative estimate of drug-likeness (QED) is 0.829. The van der Waals surface area contributed by atoms with Gasteiger partial charge in [-0.05, 0) is 19.3 Å². The van der Waals surface area contributed by atoms with Gasteiger partial charge in [-0.2, -0.15) is 0 Å². The summed E-state index contributed by atoms with van der Waals surface area (Å²) in [7, 11) is 0. The molecule has 3 N–H and O–H groups in total. The largest absolute Gasteiger partial charge is 0.396 e. The zero-order valence-electron chi connectivity index (χ0n) is 10.8. The summed E-state index contributed by atoms with van der Waals surface area (Å²) >= 11 is 0.